The second kappa shape index (κ2) is 21.4. The molecule has 1 saturated heterocycles. The van der Waals surface area contributed by atoms with Crippen molar-refractivity contribution in [2.24, 2.45) is 0 Å². The molecule has 5 aromatic rings. The van der Waals surface area contributed by atoms with E-state index in [0.29, 0.717) is 12.1 Å². The van der Waals surface area contributed by atoms with Gasteiger partial charge in [0.25, 0.3) is 0 Å². The van der Waals surface area contributed by atoms with Gasteiger partial charge in [0.05, 0.1) is 63.4 Å². The van der Waals surface area contributed by atoms with Gasteiger partial charge in [0.2, 0.25) is 41.1 Å². The third-order valence-corrected chi connectivity index (χ3v) is 10.4. The molecule has 0 amide bonds. The van der Waals surface area contributed by atoms with Crippen molar-refractivity contribution >= 4 is 29.8 Å². The van der Waals surface area contributed by atoms with Gasteiger partial charge in [0.15, 0.2) is 69.7 Å². The maximum absolute atomic E-state index is 14.2. The number of carbonyl (C=O) groups is 5. The SMILES string of the molecule is COc1cc(C(=O)OCC2OC(OC(=O)c3cc(O)c(OC)c(O)c3)C(OC(=O)c3cc(O)c(O)c(OC)c3)C(OC(=O)c3cc(O)c(OC)c(O)c3)C2OC(=O)c2cc(O)c(O)c(OC)c2)cc(O)c1O. The number of benzene rings is 5. The maximum Gasteiger partial charge on any atom is 0.340 e. The first-order chi connectivity index (χ1) is 34.1. The molecule has 5 unspecified atom stereocenters. The number of esters is 5. The van der Waals surface area contributed by atoms with Gasteiger partial charge in [-0.15, -0.1) is 0 Å². The Morgan fingerprint density at radius 1 is 0.389 bits per heavy atom. The molecule has 0 spiro atoms. The lowest BCUT2D eigenvalue weighted by molar-refractivity contribution is -0.282. The van der Waals surface area contributed by atoms with Crippen LogP contribution in [-0.2, 0) is 28.4 Å². The molecule has 0 saturated carbocycles. The highest BCUT2D eigenvalue weighted by Gasteiger charge is 2.55. The molecular formula is C46H42O26. The first kappa shape index (κ1) is 51.8. The van der Waals surface area contributed by atoms with E-state index in [1.165, 1.54) is 0 Å². The number of hydrogen-bond donors (Lipinski definition) is 10. The summed E-state index contributed by atoms with van der Waals surface area (Å²) < 4.78 is 59.4. The van der Waals surface area contributed by atoms with Crippen molar-refractivity contribution in [2.45, 2.75) is 30.7 Å². The van der Waals surface area contributed by atoms with Crippen LogP contribution in [0, 0.1) is 0 Å². The van der Waals surface area contributed by atoms with Gasteiger partial charge in [-0.3, -0.25) is 0 Å². The van der Waals surface area contributed by atoms with E-state index >= 15 is 0 Å². The summed E-state index contributed by atoms with van der Waals surface area (Å²) in [7, 11) is 5.37. The van der Waals surface area contributed by atoms with Crippen LogP contribution in [0.15, 0.2) is 60.7 Å². The Balaban J connectivity index is 1.55. The second-order valence-corrected chi connectivity index (χ2v) is 14.9. The number of ether oxygens (including phenoxy) is 11. The highest BCUT2D eigenvalue weighted by Crippen LogP contribution is 2.42. The zero-order chi connectivity index (χ0) is 52.9. The summed E-state index contributed by atoms with van der Waals surface area (Å²) in [4.78, 5) is 70.1. The van der Waals surface area contributed by atoms with E-state index < -0.39 is 181 Å². The van der Waals surface area contributed by atoms with Gasteiger partial charge < -0.3 is 103 Å². The molecule has 1 fully saturated rings. The summed E-state index contributed by atoms with van der Waals surface area (Å²) in [5.74, 6) is -18.0. The van der Waals surface area contributed by atoms with Crippen LogP contribution in [0.2, 0.25) is 0 Å². The molecule has 0 radical (unpaired) electrons. The average molecular weight is 1010 g/mol. The van der Waals surface area contributed by atoms with Gasteiger partial charge in [-0.25, -0.2) is 24.0 Å². The number of phenolic OH excluding ortho intramolecular Hbond substituents is 10. The van der Waals surface area contributed by atoms with Crippen molar-refractivity contribution in [2.75, 3.05) is 42.2 Å². The number of rotatable bonds is 16. The van der Waals surface area contributed by atoms with Crippen LogP contribution in [0.5, 0.6) is 86.2 Å². The molecule has 1 aliphatic heterocycles. The Morgan fingerprint density at radius 2 is 0.694 bits per heavy atom. The summed E-state index contributed by atoms with van der Waals surface area (Å²) >= 11 is 0. The largest absolute Gasteiger partial charge is 0.504 e. The lowest BCUT2D eigenvalue weighted by atomic mass is 9.97. The summed E-state index contributed by atoms with van der Waals surface area (Å²) in [5, 5.41) is 104. The van der Waals surface area contributed by atoms with Gasteiger partial charge in [-0.1, -0.05) is 0 Å². The summed E-state index contributed by atoms with van der Waals surface area (Å²) in [6.45, 7) is -1.13. The minimum absolute atomic E-state index is 0.398. The van der Waals surface area contributed by atoms with Crippen LogP contribution in [0.1, 0.15) is 51.8 Å². The molecule has 6 rings (SSSR count). The molecule has 26 nitrogen and oxygen atoms in total. The normalized spacial score (nSPS) is 17.1. The van der Waals surface area contributed by atoms with Gasteiger partial charge in [-0.05, 0) is 60.7 Å². The quantitative estimate of drug-likeness (QED) is 0.0385. The minimum Gasteiger partial charge on any atom is -0.504 e. The molecule has 10 N–H and O–H groups in total. The van der Waals surface area contributed by atoms with Crippen molar-refractivity contribution < 1.29 is 127 Å². The second-order valence-electron chi connectivity index (χ2n) is 14.9. The Bertz CT molecular complexity index is 2880. The Morgan fingerprint density at radius 3 is 1.06 bits per heavy atom. The molecule has 1 heterocycles. The fourth-order valence-corrected chi connectivity index (χ4v) is 6.95. The number of phenols is 10. The van der Waals surface area contributed by atoms with E-state index in [1.807, 2.05) is 0 Å². The number of methoxy groups -OCH3 is 5. The van der Waals surface area contributed by atoms with Crippen LogP contribution in [0.25, 0.3) is 0 Å². The first-order valence-electron chi connectivity index (χ1n) is 20.3. The van der Waals surface area contributed by atoms with E-state index in [0.717, 1.165) is 84.1 Å². The van der Waals surface area contributed by atoms with Crippen molar-refractivity contribution in [1.82, 2.24) is 0 Å². The van der Waals surface area contributed by atoms with E-state index in [2.05, 4.69) is 0 Å². The van der Waals surface area contributed by atoms with Crippen LogP contribution in [-0.4, -0.2) is 154 Å². The molecule has 5 aromatic carbocycles. The van der Waals surface area contributed by atoms with Gasteiger partial charge in [0.1, 0.15) is 12.7 Å². The van der Waals surface area contributed by atoms with Crippen LogP contribution < -0.4 is 23.7 Å². The molecule has 0 aliphatic carbocycles. The van der Waals surface area contributed by atoms with Gasteiger partial charge in [0, 0.05) is 0 Å². The van der Waals surface area contributed by atoms with Crippen molar-refractivity contribution in [1.29, 1.82) is 0 Å². The predicted molar refractivity (Wildman–Crippen MR) is 234 cm³/mol. The number of hydrogen-bond acceptors (Lipinski definition) is 26. The summed E-state index contributed by atoms with van der Waals surface area (Å²) in [5.41, 5.74) is -2.98. The third-order valence-electron chi connectivity index (χ3n) is 10.4. The number of aromatic hydroxyl groups is 10. The predicted octanol–water partition coefficient (Wildman–Crippen LogP) is 3.20. The van der Waals surface area contributed by atoms with Crippen molar-refractivity contribution in [3.05, 3.63) is 88.5 Å². The minimum atomic E-state index is -2.44. The fourth-order valence-electron chi connectivity index (χ4n) is 6.95. The highest BCUT2D eigenvalue weighted by atomic mass is 16.7. The Hall–Kier alpha value is -9.59. The molecule has 72 heavy (non-hydrogen) atoms. The fraction of sp³-hybridized carbons (Fsp3) is 0.239. The maximum atomic E-state index is 14.2. The number of carbonyl (C=O) groups excluding carboxylic acids is 5. The van der Waals surface area contributed by atoms with Crippen molar-refractivity contribution in [3.63, 3.8) is 0 Å². The topological polar surface area (TPSA) is 389 Å². The molecule has 382 valence electrons. The Labute approximate surface area is 403 Å². The first-order valence-corrected chi connectivity index (χ1v) is 20.3. The summed E-state index contributed by atoms with van der Waals surface area (Å²) in [6, 6.07) is 7.91. The molecule has 0 bridgehead atoms. The Kier molecular flexibility index (Phi) is 15.4. The van der Waals surface area contributed by atoms with Crippen LogP contribution >= 0.6 is 0 Å². The third kappa shape index (κ3) is 10.7. The molecule has 5 atom stereocenters. The van der Waals surface area contributed by atoms with Gasteiger partial charge in [-0.2, -0.15) is 0 Å². The molecule has 0 aromatic heterocycles. The smallest absolute Gasteiger partial charge is 0.340 e. The lowest BCUT2D eigenvalue weighted by Gasteiger charge is -2.43. The molecular weight excluding hydrogens is 968 g/mol. The zero-order valence-corrected chi connectivity index (χ0v) is 37.9. The zero-order valence-electron chi connectivity index (χ0n) is 37.9. The van der Waals surface area contributed by atoms with E-state index in [1.54, 1.807) is 0 Å². The van der Waals surface area contributed by atoms with E-state index in [4.69, 9.17) is 52.1 Å². The lowest BCUT2D eigenvalue weighted by Crippen LogP contribution is -2.63. The van der Waals surface area contributed by atoms with E-state index in [-0.39, 0.29) is 0 Å². The molecule has 26 heteroatoms. The van der Waals surface area contributed by atoms with Gasteiger partial charge >= 0.3 is 29.8 Å². The average Bonchev–Trinajstić information content (AvgIpc) is 3.34. The highest BCUT2D eigenvalue weighted by molar-refractivity contribution is 5.94. The van der Waals surface area contributed by atoms with Crippen LogP contribution in [0.3, 0.4) is 0 Å². The standard InChI is InChI=1S/C46H42O26/c1-62-29-13-19(6-22(47)33(29)54)41(57)67-16-32-38(69-43(59)20-7-23(48)34(55)30(14-20)63-2)39(70-42(58)17-9-25(50)36(65-4)26(51)10-17)40(71-44(60)21-8-24(49)35(56)31(15-21)64-3)46(68-32)72-45(61)18-11-27(52)37(66-5)28(53)12-18/h6-15,32,38-40,46-56H,16H2,1-5H3. The van der Waals surface area contributed by atoms with Crippen LogP contribution in [0.4, 0.5) is 0 Å². The van der Waals surface area contributed by atoms with E-state index in [9.17, 15) is 75.0 Å². The summed E-state index contributed by atoms with van der Waals surface area (Å²) in [6.07, 6.45) is -11.6. The van der Waals surface area contributed by atoms with Crippen molar-refractivity contribution in [3.8, 4) is 86.2 Å². The monoisotopic (exact) mass is 1010 g/mol. The molecule has 1 aliphatic rings.